The summed E-state index contributed by atoms with van der Waals surface area (Å²) in [7, 11) is 2.08. The van der Waals surface area contributed by atoms with Gasteiger partial charge in [-0.1, -0.05) is 0 Å². The molecule has 1 saturated carbocycles. The molecule has 0 spiro atoms. The molecule has 0 aromatic rings. The lowest BCUT2D eigenvalue weighted by Crippen LogP contribution is -2.37. The van der Waals surface area contributed by atoms with E-state index in [1.54, 1.807) is 0 Å². The second-order valence-electron chi connectivity index (χ2n) is 3.64. The predicted molar refractivity (Wildman–Crippen MR) is 40.0 cm³/mol. The van der Waals surface area contributed by atoms with E-state index in [1.165, 1.54) is 19.3 Å². The fourth-order valence-electron chi connectivity index (χ4n) is 1.66. The first-order valence-corrected chi connectivity index (χ1v) is 4.11. The van der Waals surface area contributed by atoms with E-state index >= 15 is 0 Å². The van der Waals surface area contributed by atoms with Gasteiger partial charge in [0.2, 0.25) is 0 Å². The molecule has 2 fully saturated rings. The minimum absolute atomic E-state index is 0.536. The van der Waals surface area contributed by atoms with Crippen molar-refractivity contribution >= 4 is 0 Å². The van der Waals surface area contributed by atoms with Crippen LogP contribution in [0.25, 0.3) is 0 Å². The highest BCUT2D eigenvalue weighted by Crippen LogP contribution is 2.41. The Kier molecular flexibility index (Phi) is 1.46. The van der Waals surface area contributed by atoms with Gasteiger partial charge in [-0.2, -0.15) is 0 Å². The topological polar surface area (TPSA) is 21.3 Å². The van der Waals surface area contributed by atoms with Crippen molar-refractivity contribution in [1.29, 1.82) is 0 Å². The van der Waals surface area contributed by atoms with Gasteiger partial charge in [0.25, 0.3) is 0 Å². The molecular formula is C8H15NO. The van der Waals surface area contributed by atoms with Crippen LogP contribution in [0, 0.1) is 5.92 Å². The molecule has 2 nitrogen and oxygen atoms in total. The number of ether oxygens (including phenoxy) is 1. The van der Waals surface area contributed by atoms with Gasteiger partial charge in [-0.3, -0.25) is 0 Å². The summed E-state index contributed by atoms with van der Waals surface area (Å²) in [5, 5.41) is 3.40. The van der Waals surface area contributed by atoms with Gasteiger partial charge >= 0.3 is 0 Å². The second kappa shape index (κ2) is 2.21. The molecule has 1 heterocycles. The monoisotopic (exact) mass is 141 g/mol. The lowest BCUT2D eigenvalue weighted by Gasteiger charge is -2.29. The highest BCUT2D eigenvalue weighted by molar-refractivity contribution is 5.02. The van der Waals surface area contributed by atoms with Crippen LogP contribution in [-0.4, -0.2) is 25.8 Å². The maximum Gasteiger partial charge on any atom is 0.0517 e. The van der Waals surface area contributed by atoms with E-state index in [2.05, 4.69) is 12.4 Å². The number of rotatable bonds is 3. The van der Waals surface area contributed by atoms with Crippen LogP contribution in [0.2, 0.25) is 0 Å². The molecule has 0 aromatic carbocycles. The van der Waals surface area contributed by atoms with Gasteiger partial charge in [0, 0.05) is 11.5 Å². The SMILES string of the molecule is CNC1(CC2COC2)CC1. The van der Waals surface area contributed by atoms with Crippen LogP contribution in [0.1, 0.15) is 19.3 Å². The lowest BCUT2D eigenvalue weighted by molar-refractivity contribution is -0.0409. The molecule has 2 heteroatoms. The third kappa shape index (κ3) is 1.06. The quantitative estimate of drug-likeness (QED) is 0.627. The maximum atomic E-state index is 5.13. The molecule has 1 aliphatic heterocycles. The summed E-state index contributed by atoms with van der Waals surface area (Å²) in [4.78, 5) is 0. The Hall–Kier alpha value is -0.0800. The molecule has 58 valence electrons. The second-order valence-corrected chi connectivity index (χ2v) is 3.64. The van der Waals surface area contributed by atoms with Crippen molar-refractivity contribution in [2.24, 2.45) is 5.92 Å². The summed E-state index contributed by atoms with van der Waals surface area (Å²) >= 11 is 0. The van der Waals surface area contributed by atoms with Crippen molar-refractivity contribution in [3.63, 3.8) is 0 Å². The predicted octanol–water partition coefficient (Wildman–Crippen LogP) is 0.775. The van der Waals surface area contributed by atoms with Crippen LogP contribution < -0.4 is 5.32 Å². The molecule has 0 radical (unpaired) electrons. The summed E-state index contributed by atoms with van der Waals surface area (Å²) < 4.78 is 5.13. The van der Waals surface area contributed by atoms with E-state index in [0.717, 1.165) is 19.1 Å². The van der Waals surface area contributed by atoms with Crippen molar-refractivity contribution in [2.45, 2.75) is 24.8 Å². The van der Waals surface area contributed by atoms with E-state index in [4.69, 9.17) is 4.74 Å². The van der Waals surface area contributed by atoms with Gasteiger partial charge < -0.3 is 10.1 Å². The number of nitrogens with one attached hydrogen (secondary N) is 1. The van der Waals surface area contributed by atoms with Crippen LogP contribution in [0.3, 0.4) is 0 Å². The summed E-state index contributed by atoms with van der Waals surface area (Å²) in [5.41, 5.74) is 0.536. The largest absolute Gasteiger partial charge is 0.381 e. The van der Waals surface area contributed by atoms with Crippen LogP contribution in [0.5, 0.6) is 0 Å². The summed E-state index contributed by atoms with van der Waals surface area (Å²) in [6.45, 7) is 2.01. The zero-order valence-electron chi connectivity index (χ0n) is 6.52. The molecule has 1 N–H and O–H groups in total. The van der Waals surface area contributed by atoms with Gasteiger partial charge in [0.1, 0.15) is 0 Å². The van der Waals surface area contributed by atoms with Crippen molar-refractivity contribution in [3.8, 4) is 0 Å². The minimum atomic E-state index is 0.536. The first-order chi connectivity index (χ1) is 4.85. The Bertz CT molecular complexity index is 127. The molecule has 0 bridgehead atoms. The highest BCUT2D eigenvalue weighted by Gasteiger charge is 2.43. The Morgan fingerprint density at radius 3 is 2.50 bits per heavy atom. The van der Waals surface area contributed by atoms with Crippen molar-refractivity contribution in [1.82, 2.24) is 5.32 Å². The van der Waals surface area contributed by atoms with E-state index < -0.39 is 0 Å². The fraction of sp³-hybridized carbons (Fsp3) is 1.00. The Morgan fingerprint density at radius 1 is 1.50 bits per heavy atom. The van der Waals surface area contributed by atoms with Gasteiger partial charge in [0.05, 0.1) is 13.2 Å². The molecule has 0 aromatic heterocycles. The third-order valence-corrected chi connectivity index (χ3v) is 2.77. The molecule has 0 atom stereocenters. The molecule has 1 saturated heterocycles. The zero-order valence-corrected chi connectivity index (χ0v) is 6.52. The standard InChI is InChI=1S/C8H15NO/c1-9-8(2-3-8)4-7-5-10-6-7/h7,9H,2-6H2,1H3. The smallest absolute Gasteiger partial charge is 0.0517 e. The molecule has 2 aliphatic rings. The third-order valence-electron chi connectivity index (χ3n) is 2.77. The molecule has 10 heavy (non-hydrogen) atoms. The van der Waals surface area contributed by atoms with Gasteiger partial charge in [-0.15, -0.1) is 0 Å². The average Bonchev–Trinajstić information content (AvgIpc) is 2.60. The Morgan fingerprint density at radius 2 is 2.20 bits per heavy atom. The Balaban J connectivity index is 1.77. The maximum absolute atomic E-state index is 5.13. The van der Waals surface area contributed by atoms with Crippen LogP contribution in [-0.2, 0) is 4.74 Å². The molecular weight excluding hydrogens is 126 g/mol. The average molecular weight is 141 g/mol. The summed E-state index contributed by atoms with van der Waals surface area (Å²) in [5.74, 6) is 0.856. The van der Waals surface area contributed by atoms with Crippen molar-refractivity contribution < 1.29 is 4.74 Å². The summed E-state index contributed by atoms with van der Waals surface area (Å²) in [6.07, 6.45) is 4.09. The molecule has 1 aliphatic carbocycles. The molecule has 0 amide bonds. The first kappa shape index (κ1) is 6.62. The van der Waals surface area contributed by atoms with Crippen LogP contribution in [0.15, 0.2) is 0 Å². The fourth-order valence-corrected chi connectivity index (χ4v) is 1.66. The first-order valence-electron chi connectivity index (χ1n) is 4.11. The Labute approximate surface area is 61.9 Å². The van der Waals surface area contributed by atoms with Gasteiger partial charge in [0.15, 0.2) is 0 Å². The number of hydrogen-bond donors (Lipinski definition) is 1. The minimum Gasteiger partial charge on any atom is -0.381 e. The zero-order chi connectivity index (χ0) is 7.03. The van der Waals surface area contributed by atoms with Crippen molar-refractivity contribution in [2.75, 3.05) is 20.3 Å². The van der Waals surface area contributed by atoms with E-state index in [9.17, 15) is 0 Å². The normalized spacial score (nSPS) is 29.7. The van der Waals surface area contributed by atoms with E-state index in [-0.39, 0.29) is 0 Å². The van der Waals surface area contributed by atoms with E-state index in [1.807, 2.05) is 0 Å². The summed E-state index contributed by atoms with van der Waals surface area (Å²) in [6, 6.07) is 0. The van der Waals surface area contributed by atoms with Crippen LogP contribution in [0.4, 0.5) is 0 Å². The van der Waals surface area contributed by atoms with Gasteiger partial charge in [-0.05, 0) is 26.3 Å². The molecule has 2 rings (SSSR count). The lowest BCUT2D eigenvalue weighted by atomic mass is 9.97. The van der Waals surface area contributed by atoms with Gasteiger partial charge in [-0.25, -0.2) is 0 Å². The highest BCUT2D eigenvalue weighted by atomic mass is 16.5. The van der Waals surface area contributed by atoms with Crippen LogP contribution >= 0.6 is 0 Å². The van der Waals surface area contributed by atoms with E-state index in [0.29, 0.717) is 5.54 Å². The number of hydrogen-bond acceptors (Lipinski definition) is 2. The molecule has 0 unspecified atom stereocenters. The van der Waals surface area contributed by atoms with Crippen molar-refractivity contribution in [3.05, 3.63) is 0 Å².